The summed E-state index contributed by atoms with van der Waals surface area (Å²) in [6.07, 6.45) is 19.7. The fourth-order valence-corrected chi connectivity index (χ4v) is 6.71. The van der Waals surface area contributed by atoms with Crippen molar-refractivity contribution in [2.75, 3.05) is 5.32 Å². The number of carbonyl (C=O) groups excluding carboxylic acids is 1. The molecule has 7 rings (SSSR count). The third-order valence-electron chi connectivity index (χ3n) is 9.62. The molecule has 2 fully saturated rings. The number of hydrogen-bond donors (Lipinski definition) is 4. The Morgan fingerprint density at radius 2 is 1.51 bits per heavy atom. The number of benzene rings is 4. The number of aryl methyl sites for hydroxylation is 2. The summed E-state index contributed by atoms with van der Waals surface area (Å²) < 4.78 is 5.31. The van der Waals surface area contributed by atoms with Gasteiger partial charge in [-0.3, -0.25) is 4.99 Å². The van der Waals surface area contributed by atoms with Crippen molar-refractivity contribution in [1.82, 2.24) is 5.32 Å². The number of esters is 1. The van der Waals surface area contributed by atoms with E-state index in [0.29, 0.717) is 29.1 Å². The van der Waals surface area contributed by atoms with Gasteiger partial charge in [-0.15, -0.1) is 6.42 Å². The van der Waals surface area contributed by atoms with Crippen LogP contribution in [0, 0.1) is 26.2 Å². The van der Waals surface area contributed by atoms with E-state index in [4.69, 9.17) is 11.2 Å². The fraction of sp³-hybridized carbons (Fsp3) is 0.364. The number of aliphatic imine (C=N–C) groups is 1. The number of fused-ring (bicyclic) bond motifs is 1. The molecule has 4 aromatic carbocycles. The Balaban J connectivity index is 0.000000149. The number of cyclic esters (lactones) is 1. The van der Waals surface area contributed by atoms with Gasteiger partial charge in [-0.25, -0.2) is 4.79 Å². The molecule has 0 bridgehead atoms. The Bertz CT molecular complexity index is 1820. The zero-order chi connectivity index (χ0) is 36.0. The van der Waals surface area contributed by atoms with Gasteiger partial charge in [0.05, 0.1) is 5.56 Å². The summed E-state index contributed by atoms with van der Waals surface area (Å²) in [7, 11) is 0. The maximum absolute atomic E-state index is 11.7. The van der Waals surface area contributed by atoms with E-state index in [1.807, 2.05) is 73.8 Å². The molecule has 0 aromatic heterocycles. The molecule has 7 nitrogen and oxygen atoms in total. The van der Waals surface area contributed by atoms with Crippen molar-refractivity contribution in [2.45, 2.75) is 103 Å². The van der Waals surface area contributed by atoms with Crippen molar-refractivity contribution in [2.24, 2.45) is 4.99 Å². The van der Waals surface area contributed by atoms with Gasteiger partial charge in [-0.05, 0) is 82.0 Å². The lowest BCUT2D eigenvalue weighted by Crippen LogP contribution is -2.30. The van der Waals surface area contributed by atoms with Crippen LogP contribution in [0.1, 0.15) is 114 Å². The van der Waals surface area contributed by atoms with E-state index in [9.17, 15) is 15.0 Å². The average Bonchev–Trinajstić information content (AvgIpc) is 3.48. The minimum atomic E-state index is -0.461. The van der Waals surface area contributed by atoms with Crippen molar-refractivity contribution in [3.63, 3.8) is 0 Å². The van der Waals surface area contributed by atoms with Crippen molar-refractivity contribution < 1.29 is 19.7 Å². The molecule has 0 radical (unpaired) electrons. The van der Waals surface area contributed by atoms with Crippen LogP contribution in [0.4, 0.5) is 5.69 Å². The quantitative estimate of drug-likeness (QED) is 0.0878. The number of nitrogens with one attached hydrogen (secondary N) is 2. The number of phenols is 2. The predicted octanol–water partition coefficient (Wildman–Crippen LogP) is 9.52. The van der Waals surface area contributed by atoms with Gasteiger partial charge >= 0.3 is 5.97 Å². The van der Waals surface area contributed by atoms with E-state index in [0.717, 1.165) is 40.0 Å². The molecule has 2 saturated carbocycles. The number of anilines is 1. The van der Waals surface area contributed by atoms with Crippen LogP contribution in [-0.2, 0) is 11.3 Å². The predicted molar refractivity (Wildman–Crippen MR) is 206 cm³/mol. The summed E-state index contributed by atoms with van der Waals surface area (Å²) in [6.45, 7) is 4.87. The lowest BCUT2D eigenvalue weighted by atomic mass is 9.95. The smallest absolute Gasteiger partial charge is 0.340 e. The van der Waals surface area contributed by atoms with Crippen molar-refractivity contribution >= 4 is 17.9 Å². The maximum Gasteiger partial charge on any atom is 0.340 e. The molecule has 1 heterocycles. The monoisotopic (exact) mass is 685 g/mol. The minimum absolute atomic E-state index is 0.304. The zero-order valence-corrected chi connectivity index (χ0v) is 29.9. The van der Waals surface area contributed by atoms with Crippen LogP contribution in [0.25, 0.3) is 0 Å². The van der Waals surface area contributed by atoms with Crippen LogP contribution >= 0.6 is 0 Å². The molecule has 3 aliphatic rings. The lowest BCUT2D eigenvalue weighted by molar-refractivity contribution is 0.0437. The fourth-order valence-electron chi connectivity index (χ4n) is 6.71. The molecule has 51 heavy (non-hydrogen) atoms. The van der Waals surface area contributed by atoms with Crippen molar-refractivity contribution in [3.8, 4) is 23.8 Å². The van der Waals surface area contributed by atoms with E-state index in [1.54, 1.807) is 18.2 Å². The Kier molecular flexibility index (Phi) is 13.7. The number of phenolic OH excluding ortho intramolecular Hbond substituents is 2. The van der Waals surface area contributed by atoms with E-state index in [2.05, 4.69) is 34.5 Å². The van der Waals surface area contributed by atoms with Gasteiger partial charge < -0.3 is 25.6 Å². The van der Waals surface area contributed by atoms with E-state index in [-0.39, 0.29) is 5.97 Å². The van der Waals surface area contributed by atoms with Gasteiger partial charge in [-0.1, -0.05) is 98.0 Å². The Morgan fingerprint density at radius 1 is 0.824 bits per heavy atom. The van der Waals surface area contributed by atoms with Gasteiger partial charge in [0.1, 0.15) is 11.5 Å². The van der Waals surface area contributed by atoms with Gasteiger partial charge in [0.25, 0.3) is 0 Å². The molecule has 1 aliphatic heterocycles. The third-order valence-corrected chi connectivity index (χ3v) is 9.62. The van der Waals surface area contributed by atoms with Crippen LogP contribution < -0.4 is 10.6 Å². The molecule has 0 spiro atoms. The Labute approximate surface area is 303 Å². The lowest BCUT2D eigenvalue weighted by Gasteiger charge is -2.23. The summed E-state index contributed by atoms with van der Waals surface area (Å²) in [5.41, 5.74) is 7.27. The molecule has 266 valence electrons. The largest absolute Gasteiger partial charge is 0.508 e. The molecule has 7 heteroatoms. The highest BCUT2D eigenvalue weighted by Gasteiger charge is 2.30. The molecule has 0 amide bonds. The number of rotatable bonds is 7. The zero-order valence-electron chi connectivity index (χ0n) is 29.9. The summed E-state index contributed by atoms with van der Waals surface area (Å²) in [5, 5.41) is 26.1. The van der Waals surface area contributed by atoms with Crippen LogP contribution in [0.15, 0.2) is 89.9 Å². The van der Waals surface area contributed by atoms with Gasteiger partial charge in [0.15, 0.2) is 0 Å². The summed E-state index contributed by atoms with van der Waals surface area (Å²) in [4.78, 5) is 16.3. The van der Waals surface area contributed by atoms with Crippen LogP contribution in [0.3, 0.4) is 0 Å². The summed E-state index contributed by atoms with van der Waals surface area (Å²) >= 11 is 0. The van der Waals surface area contributed by atoms with E-state index < -0.39 is 6.23 Å². The number of ether oxygens (including phenoxy) is 1. The molecular formula is C44H51N3O4. The normalized spacial score (nSPS) is 17.3. The number of aromatic hydroxyl groups is 2. The number of nitrogens with zero attached hydrogens (tertiary/aromatic N) is 1. The summed E-state index contributed by atoms with van der Waals surface area (Å²) in [5.74, 6) is 3.00. The second-order valence-electron chi connectivity index (χ2n) is 13.7. The highest BCUT2D eigenvalue weighted by atomic mass is 16.6. The highest BCUT2D eigenvalue weighted by molar-refractivity contribution is 5.94. The first-order chi connectivity index (χ1) is 24.8. The first-order valence-electron chi connectivity index (χ1n) is 18.3. The Morgan fingerprint density at radius 3 is 2.25 bits per heavy atom. The highest BCUT2D eigenvalue weighted by Crippen LogP contribution is 2.31. The van der Waals surface area contributed by atoms with Crippen molar-refractivity contribution in [1.29, 1.82) is 0 Å². The van der Waals surface area contributed by atoms with Gasteiger partial charge in [0, 0.05) is 52.8 Å². The molecule has 2 aliphatic carbocycles. The maximum atomic E-state index is 11.7. The topological polar surface area (TPSA) is 103 Å². The van der Waals surface area contributed by atoms with Crippen LogP contribution in [0.2, 0.25) is 0 Å². The van der Waals surface area contributed by atoms with Gasteiger partial charge in [-0.2, -0.15) is 0 Å². The molecule has 1 atom stereocenters. The Hall–Kier alpha value is -5.06. The molecule has 4 aromatic rings. The van der Waals surface area contributed by atoms with E-state index in [1.165, 1.54) is 69.8 Å². The van der Waals surface area contributed by atoms with Crippen LogP contribution in [-0.4, -0.2) is 34.5 Å². The third kappa shape index (κ3) is 11.2. The standard InChI is InChI=1S/C16H11NO2.C14H21NO.C14H19NO/c1-2-11-6-5-7-12(10-11)17-15-13-8-3-4-9-14(13)16(18)19-15;2*1-11-7-8-14(16)12(9-11)10-15-13-5-3-2-4-6-13/h1,3-10,15,17H;7-9,13,15-16H,2-6,10H2,1H3;7-10,13,16H,2-6H2,1H3. The number of terminal acetylenes is 1. The molecule has 1 unspecified atom stereocenters. The van der Waals surface area contributed by atoms with Gasteiger partial charge in [0.2, 0.25) is 6.23 Å². The SMILES string of the molecule is C#Cc1cccc(NC2OC(=O)c3ccccc32)c1.Cc1ccc(O)c(C=NC2CCCCC2)c1.Cc1ccc(O)c(CNC2CCCCC2)c1. The first-order valence-corrected chi connectivity index (χ1v) is 18.3. The molecular weight excluding hydrogens is 635 g/mol. The second-order valence-corrected chi connectivity index (χ2v) is 13.7. The number of carbonyl (C=O) groups is 1. The number of hydrogen-bond acceptors (Lipinski definition) is 7. The van der Waals surface area contributed by atoms with Crippen molar-refractivity contribution in [3.05, 3.63) is 124 Å². The molecule has 0 saturated heterocycles. The summed E-state index contributed by atoms with van der Waals surface area (Å²) in [6, 6.07) is 27.3. The van der Waals surface area contributed by atoms with Crippen LogP contribution in [0.5, 0.6) is 11.5 Å². The minimum Gasteiger partial charge on any atom is -0.508 e. The van der Waals surface area contributed by atoms with E-state index >= 15 is 0 Å². The first kappa shape index (κ1) is 37.2. The molecule has 4 N–H and O–H groups in total. The second kappa shape index (κ2) is 18.8. The average molecular weight is 686 g/mol.